The van der Waals surface area contributed by atoms with Crippen molar-refractivity contribution in [2.24, 2.45) is 0 Å². The molecule has 3 rings (SSSR count). The Morgan fingerprint density at radius 1 is 1.29 bits per heavy atom. The zero-order chi connectivity index (χ0) is 9.60. The summed E-state index contributed by atoms with van der Waals surface area (Å²) >= 11 is 6.31. The second-order valence-electron chi connectivity index (χ2n) is 4.48. The number of fused-ring (bicyclic) bond motifs is 2. The third-order valence-electron chi connectivity index (χ3n) is 3.52. The van der Waals surface area contributed by atoms with E-state index in [9.17, 15) is 0 Å². The van der Waals surface area contributed by atoms with Gasteiger partial charge in [-0.1, -0.05) is 23.7 Å². The van der Waals surface area contributed by atoms with Gasteiger partial charge in [0.15, 0.2) is 0 Å². The van der Waals surface area contributed by atoms with Crippen molar-refractivity contribution in [2.75, 3.05) is 13.1 Å². The lowest BCUT2D eigenvalue weighted by atomic mass is 9.91. The number of halogens is 1. The van der Waals surface area contributed by atoms with Crippen LogP contribution in [-0.2, 0) is 11.8 Å². The lowest BCUT2D eigenvalue weighted by Crippen LogP contribution is -2.25. The van der Waals surface area contributed by atoms with Crippen LogP contribution < -0.4 is 5.32 Å². The SMILES string of the molecule is Clc1cccc2c1C1(CC1)CNCC2. The van der Waals surface area contributed by atoms with Crippen LogP contribution in [-0.4, -0.2) is 13.1 Å². The molecule has 1 heterocycles. The summed E-state index contributed by atoms with van der Waals surface area (Å²) in [5, 5.41) is 4.49. The topological polar surface area (TPSA) is 12.0 Å². The molecular weight excluding hydrogens is 194 g/mol. The van der Waals surface area contributed by atoms with Gasteiger partial charge in [0.2, 0.25) is 0 Å². The molecule has 14 heavy (non-hydrogen) atoms. The maximum Gasteiger partial charge on any atom is 0.0446 e. The second-order valence-corrected chi connectivity index (χ2v) is 4.89. The number of hydrogen-bond donors (Lipinski definition) is 1. The zero-order valence-electron chi connectivity index (χ0n) is 8.15. The first-order valence-corrected chi connectivity index (χ1v) is 5.68. The summed E-state index contributed by atoms with van der Waals surface area (Å²) in [6.45, 7) is 2.21. The van der Waals surface area contributed by atoms with Gasteiger partial charge in [-0.2, -0.15) is 0 Å². The molecule has 1 fully saturated rings. The summed E-state index contributed by atoms with van der Waals surface area (Å²) in [4.78, 5) is 0. The minimum atomic E-state index is 0.393. The molecule has 0 bridgehead atoms. The largest absolute Gasteiger partial charge is 0.316 e. The molecule has 1 spiro atoms. The molecule has 0 unspecified atom stereocenters. The van der Waals surface area contributed by atoms with Crippen LogP contribution in [0.15, 0.2) is 18.2 Å². The van der Waals surface area contributed by atoms with Crippen molar-refractivity contribution in [3.8, 4) is 0 Å². The Morgan fingerprint density at radius 3 is 2.93 bits per heavy atom. The van der Waals surface area contributed by atoms with Gasteiger partial charge in [0.05, 0.1) is 0 Å². The third kappa shape index (κ3) is 1.19. The van der Waals surface area contributed by atoms with Gasteiger partial charge in [0.1, 0.15) is 0 Å². The fourth-order valence-corrected chi connectivity index (χ4v) is 2.98. The van der Waals surface area contributed by atoms with Crippen LogP contribution in [0.3, 0.4) is 0 Å². The van der Waals surface area contributed by atoms with Crippen LogP contribution in [0.1, 0.15) is 24.0 Å². The van der Waals surface area contributed by atoms with Gasteiger partial charge in [-0.25, -0.2) is 0 Å². The Kier molecular flexibility index (Phi) is 1.86. The lowest BCUT2D eigenvalue weighted by Gasteiger charge is -2.17. The van der Waals surface area contributed by atoms with Crippen LogP contribution in [0.5, 0.6) is 0 Å². The van der Waals surface area contributed by atoms with Crippen LogP contribution in [0, 0.1) is 0 Å². The van der Waals surface area contributed by atoms with Gasteiger partial charge < -0.3 is 5.32 Å². The predicted molar refractivity (Wildman–Crippen MR) is 58.9 cm³/mol. The van der Waals surface area contributed by atoms with Gasteiger partial charge in [-0.05, 0) is 43.0 Å². The zero-order valence-corrected chi connectivity index (χ0v) is 8.90. The molecule has 1 aliphatic carbocycles. The normalized spacial score (nSPS) is 22.9. The molecule has 74 valence electrons. The molecule has 1 saturated carbocycles. The highest BCUT2D eigenvalue weighted by Crippen LogP contribution is 2.51. The molecule has 1 nitrogen and oxygen atoms in total. The fourth-order valence-electron chi connectivity index (χ4n) is 2.59. The van der Waals surface area contributed by atoms with E-state index in [1.807, 2.05) is 6.07 Å². The van der Waals surface area contributed by atoms with Crippen LogP contribution >= 0.6 is 11.6 Å². The average molecular weight is 208 g/mol. The van der Waals surface area contributed by atoms with Crippen molar-refractivity contribution < 1.29 is 0 Å². The van der Waals surface area contributed by atoms with E-state index in [0.717, 1.165) is 24.5 Å². The molecular formula is C12H14ClN. The summed E-state index contributed by atoms with van der Waals surface area (Å²) in [6, 6.07) is 6.34. The average Bonchev–Trinajstić information content (AvgIpc) is 2.96. The highest BCUT2D eigenvalue weighted by atomic mass is 35.5. The van der Waals surface area contributed by atoms with E-state index >= 15 is 0 Å². The van der Waals surface area contributed by atoms with E-state index in [1.54, 1.807) is 0 Å². The highest BCUT2D eigenvalue weighted by Gasteiger charge is 2.46. The summed E-state index contributed by atoms with van der Waals surface area (Å²) < 4.78 is 0. The van der Waals surface area contributed by atoms with Crippen LogP contribution in [0.25, 0.3) is 0 Å². The fraction of sp³-hybridized carbons (Fsp3) is 0.500. The lowest BCUT2D eigenvalue weighted by molar-refractivity contribution is 0.603. The Morgan fingerprint density at radius 2 is 2.14 bits per heavy atom. The Balaban J connectivity index is 2.17. The Hall–Kier alpha value is -0.530. The van der Waals surface area contributed by atoms with Crippen molar-refractivity contribution in [1.82, 2.24) is 5.32 Å². The van der Waals surface area contributed by atoms with Gasteiger partial charge in [-0.15, -0.1) is 0 Å². The summed E-state index contributed by atoms with van der Waals surface area (Å²) in [6.07, 6.45) is 3.73. The second kappa shape index (κ2) is 2.98. The van der Waals surface area contributed by atoms with E-state index < -0.39 is 0 Å². The molecule has 1 aromatic carbocycles. The molecule has 0 aromatic heterocycles. The first-order valence-electron chi connectivity index (χ1n) is 5.30. The minimum Gasteiger partial charge on any atom is -0.316 e. The number of benzene rings is 1. The first kappa shape index (κ1) is 8.75. The molecule has 0 saturated heterocycles. The van der Waals surface area contributed by atoms with Crippen molar-refractivity contribution in [3.05, 3.63) is 34.3 Å². The van der Waals surface area contributed by atoms with Gasteiger partial charge in [0, 0.05) is 17.0 Å². The van der Waals surface area contributed by atoms with Crippen LogP contribution in [0.2, 0.25) is 5.02 Å². The molecule has 1 N–H and O–H groups in total. The molecule has 1 aliphatic heterocycles. The van der Waals surface area contributed by atoms with E-state index in [4.69, 9.17) is 11.6 Å². The molecule has 1 aromatic rings. The van der Waals surface area contributed by atoms with Gasteiger partial charge >= 0.3 is 0 Å². The summed E-state index contributed by atoms with van der Waals surface area (Å²) in [7, 11) is 0. The van der Waals surface area contributed by atoms with Gasteiger partial charge in [-0.3, -0.25) is 0 Å². The Labute approximate surface area is 89.5 Å². The molecule has 0 radical (unpaired) electrons. The van der Waals surface area contributed by atoms with Crippen molar-refractivity contribution in [1.29, 1.82) is 0 Å². The number of hydrogen-bond acceptors (Lipinski definition) is 1. The highest BCUT2D eigenvalue weighted by molar-refractivity contribution is 6.31. The van der Waals surface area contributed by atoms with E-state index in [0.29, 0.717) is 5.41 Å². The maximum atomic E-state index is 6.31. The molecule has 0 amide bonds. The minimum absolute atomic E-state index is 0.393. The number of nitrogens with one attached hydrogen (secondary N) is 1. The first-order chi connectivity index (χ1) is 6.82. The maximum absolute atomic E-state index is 6.31. The quantitative estimate of drug-likeness (QED) is 0.690. The predicted octanol–water partition coefficient (Wildman–Crippen LogP) is 2.52. The molecule has 0 atom stereocenters. The van der Waals surface area contributed by atoms with Crippen molar-refractivity contribution in [3.63, 3.8) is 0 Å². The smallest absolute Gasteiger partial charge is 0.0446 e. The van der Waals surface area contributed by atoms with E-state index in [1.165, 1.54) is 24.0 Å². The molecule has 2 aliphatic rings. The van der Waals surface area contributed by atoms with Crippen LogP contribution in [0.4, 0.5) is 0 Å². The van der Waals surface area contributed by atoms with E-state index in [-0.39, 0.29) is 0 Å². The Bertz CT molecular complexity index is 369. The summed E-state index contributed by atoms with van der Waals surface area (Å²) in [5.74, 6) is 0. The number of rotatable bonds is 0. The summed E-state index contributed by atoms with van der Waals surface area (Å²) in [5.41, 5.74) is 3.29. The van der Waals surface area contributed by atoms with Crippen molar-refractivity contribution in [2.45, 2.75) is 24.7 Å². The molecule has 2 heteroatoms. The van der Waals surface area contributed by atoms with Crippen molar-refractivity contribution >= 4 is 11.6 Å². The standard InChI is InChI=1S/C12H14ClN/c13-10-3-1-2-9-4-7-14-8-12(5-6-12)11(9)10/h1-3,14H,4-8H2. The van der Waals surface area contributed by atoms with E-state index in [2.05, 4.69) is 17.4 Å². The third-order valence-corrected chi connectivity index (χ3v) is 3.83. The van der Waals surface area contributed by atoms with Gasteiger partial charge in [0.25, 0.3) is 0 Å². The monoisotopic (exact) mass is 207 g/mol.